The van der Waals surface area contributed by atoms with Crippen LogP contribution in [0, 0.1) is 6.92 Å². The van der Waals surface area contributed by atoms with Crippen LogP contribution in [-0.4, -0.2) is 28.0 Å². The molecule has 0 spiro atoms. The summed E-state index contributed by atoms with van der Waals surface area (Å²) in [5, 5.41) is 3.21. The maximum absolute atomic E-state index is 13.3. The monoisotopic (exact) mass is 444 g/mol. The van der Waals surface area contributed by atoms with Crippen LogP contribution in [0.2, 0.25) is 5.02 Å². The quantitative estimate of drug-likeness (QED) is 0.582. The van der Waals surface area contributed by atoms with Gasteiger partial charge in [0.05, 0.1) is 17.7 Å². The Morgan fingerprint density at radius 2 is 1.77 bits per heavy atom. The van der Waals surface area contributed by atoms with Crippen molar-refractivity contribution in [2.75, 3.05) is 23.3 Å². The molecular weight excluding hydrogens is 424 g/mol. The van der Waals surface area contributed by atoms with Gasteiger partial charge in [0.25, 0.3) is 10.0 Å². The van der Waals surface area contributed by atoms with Gasteiger partial charge >= 0.3 is 0 Å². The second-order valence-electron chi connectivity index (χ2n) is 6.53. The Labute approximate surface area is 181 Å². The summed E-state index contributed by atoms with van der Waals surface area (Å²) in [6.07, 6.45) is 0. The van der Waals surface area contributed by atoms with Gasteiger partial charge in [-0.1, -0.05) is 41.9 Å². The normalized spacial score (nSPS) is 11.0. The van der Waals surface area contributed by atoms with Gasteiger partial charge in [-0.2, -0.15) is 0 Å². The largest absolute Gasteiger partial charge is 0.497 e. The average Bonchev–Trinajstić information content (AvgIpc) is 2.75. The summed E-state index contributed by atoms with van der Waals surface area (Å²) in [7, 11) is -2.50. The lowest BCUT2D eigenvalue weighted by Crippen LogP contribution is -2.38. The van der Waals surface area contributed by atoms with E-state index in [4.69, 9.17) is 16.3 Å². The van der Waals surface area contributed by atoms with Crippen LogP contribution >= 0.6 is 11.6 Å². The Morgan fingerprint density at radius 1 is 1.03 bits per heavy atom. The van der Waals surface area contributed by atoms with Gasteiger partial charge < -0.3 is 10.1 Å². The molecule has 0 aromatic heterocycles. The van der Waals surface area contributed by atoms with E-state index in [1.54, 1.807) is 60.7 Å². The topological polar surface area (TPSA) is 75.7 Å². The van der Waals surface area contributed by atoms with Crippen LogP contribution in [-0.2, 0) is 14.8 Å². The number of sulfonamides is 1. The first-order valence-corrected chi connectivity index (χ1v) is 10.9. The molecule has 1 N–H and O–H groups in total. The summed E-state index contributed by atoms with van der Waals surface area (Å²) in [5.74, 6) is -0.0189. The molecule has 0 fully saturated rings. The van der Waals surface area contributed by atoms with Gasteiger partial charge in [0.2, 0.25) is 5.91 Å². The van der Waals surface area contributed by atoms with Gasteiger partial charge in [-0.3, -0.25) is 9.10 Å². The predicted molar refractivity (Wildman–Crippen MR) is 119 cm³/mol. The third kappa shape index (κ3) is 4.93. The molecular formula is C22H21ClN2O4S. The van der Waals surface area contributed by atoms with Crippen molar-refractivity contribution in [3.05, 3.63) is 83.4 Å². The van der Waals surface area contributed by atoms with E-state index < -0.39 is 22.5 Å². The number of hydrogen-bond acceptors (Lipinski definition) is 4. The number of hydrogen-bond donors (Lipinski definition) is 1. The number of rotatable bonds is 7. The zero-order valence-corrected chi connectivity index (χ0v) is 18.1. The first-order chi connectivity index (χ1) is 14.3. The van der Waals surface area contributed by atoms with Gasteiger partial charge in [-0.15, -0.1) is 0 Å². The molecule has 3 rings (SSSR count). The minimum atomic E-state index is -3.99. The van der Waals surface area contributed by atoms with Gasteiger partial charge in [0.1, 0.15) is 12.3 Å². The number of nitrogens with one attached hydrogen (secondary N) is 1. The Hall–Kier alpha value is -3.03. The zero-order chi connectivity index (χ0) is 21.7. The Morgan fingerprint density at radius 3 is 2.47 bits per heavy atom. The van der Waals surface area contributed by atoms with Crippen molar-refractivity contribution in [2.45, 2.75) is 11.8 Å². The van der Waals surface area contributed by atoms with Crippen molar-refractivity contribution in [1.82, 2.24) is 0 Å². The third-order valence-electron chi connectivity index (χ3n) is 4.43. The molecule has 3 aromatic rings. The highest BCUT2D eigenvalue weighted by Gasteiger charge is 2.27. The van der Waals surface area contributed by atoms with Crippen LogP contribution in [0.3, 0.4) is 0 Å². The molecule has 0 bridgehead atoms. The van der Waals surface area contributed by atoms with Gasteiger partial charge in [-0.25, -0.2) is 8.42 Å². The van der Waals surface area contributed by atoms with Crippen molar-refractivity contribution in [3.63, 3.8) is 0 Å². The SMILES string of the molecule is COc1cccc(N(CC(=O)Nc2cc(Cl)ccc2C)S(=O)(=O)c2ccccc2)c1. The lowest BCUT2D eigenvalue weighted by molar-refractivity contribution is -0.114. The fourth-order valence-electron chi connectivity index (χ4n) is 2.85. The number of carbonyl (C=O) groups is 1. The molecule has 1 amide bonds. The smallest absolute Gasteiger partial charge is 0.264 e. The van der Waals surface area contributed by atoms with Crippen LogP contribution in [0.1, 0.15) is 5.56 Å². The average molecular weight is 445 g/mol. The van der Waals surface area contributed by atoms with Gasteiger partial charge in [0.15, 0.2) is 0 Å². The maximum Gasteiger partial charge on any atom is 0.264 e. The molecule has 0 aliphatic rings. The predicted octanol–water partition coefficient (Wildman–Crippen LogP) is 4.49. The first-order valence-electron chi connectivity index (χ1n) is 9.09. The number of anilines is 2. The van der Waals surface area contributed by atoms with Crippen molar-refractivity contribution in [2.24, 2.45) is 0 Å². The van der Waals surface area contributed by atoms with E-state index in [0.717, 1.165) is 9.87 Å². The van der Waals surface area contributed by atoms with Crippen LogP contribution in [0.25, 0.3) is 0 Å². The summed E-state index contributed by atoms with van der Waals surface area (Å²) < 4.78 is 32.9. The molecule has 0 atom stereocenters. The number of methoxy groups -OCH3 is 1. The summed E-state index contributed by atoms with van der Waals surface area (Å²) in [5.41, 5.74) is 1.65. The van der Waals surface area contributed by atoms with E-state index in [1.807, 2.05) is 6.92 Å². The highest BCUT2D eigenvalue weighted by Crippen LogP contribution is 2.27. The van der Waals surface area contributed by atoms with Crippen molar-refractivity contribution >= 4 is 38.9 Å². The molecule has 0 radical (unpaired) electrons. The van der Waals surface area contributed by atoms with E-state index in [2.05, 4.69) is 5.32 Å². The molecule has 3 aromatic carbocycles. The lowest BCUT2D eigenvalue weighted by Gasteiger charge is -2.24. The molecule has 156 valence electrons. The van der Waals surface area contributed by atoms with Crippen LogP contribution in [0.15, 0.2) is 77.7 Å². The summed E-state index contributed by atoms with van der Waals surface area (Å²) in [6, 6.07) is 19.6. The minimum Gasteiger partial charge on any atom is -0.497 e. The number of aryl methyl sites for hydroxylation is 1. The Bertz CT molecular complexity index is 1150. The van der Waals surface area contributed by atoms with Gasteiger partial charge in [-0.05, 0) is 48.9 Å². The van der Waals surface area contributed by atoms with Crippen LogP contribution in [0.5, 0.6) is 5.75 Å². The van der Waals surface area contributed by atoms with Crippen LogP contribution < -0.4 is 14.4 Å². The number of ether oxygens (including phenoxy) is 1. The molecule has 0 heterocycles. The molecule has 0 saturated carbocycles. The molecule has 8 heteroatoms. The highest BCUT2D eigenvalue weighted by atomic mass is 35.5. The van der Waals surface area contributed by atoms with E-state index in [0.29, 0.717) is 22.1 Å². The van der Waals surface area contributed by atoms with E-state index in [-0.39, 0.29) is 4.90 Å². The van der Waals surface area contributed by atoms with E-state index in [1.165, 1.54) is 19.2 Å². The summed E-state index contributed by atoms with van der Waals surface area (Å²) >= 11 is 6.02. The standard InChI is InChI=1S/C22H21ClN2O4S/c1-16-11-12-17(23)13-21(16)24-22(26)15-25(18-7-6-8-19(14-18)29-2)30(27,28)20-9-4-3-5-10-20/h3-14H,15H2,1-2H3,(H,24,26). The Balaban J connectivity index is 1.97. The first kappa shape index (κ1) is 21.7. The molecule has 0 saturated heterocycles. The van der Waals surface area contributed by atoms with Crippen molar-refractivity contribution < 1.29 is 17.9 Å². The number of amides is 1. The van der Waals surface area contributed by atoms with Crippen LogP contribution in [0.4, 0.5) is 11.4 Å². The number of nitrogens with zero attached hydrogens (tertiary/aromatic N) is 1. The number of carbonyl (C=O) groups excluding carboxylic acids is 1. The molecule has 30 heavy (non-hydrogen) atoms. The maximum atomic E-state index is 13.3. The minimum absolute atomic E-state index is 0.0829. The Kier molecular flexibility index (Phi) is 6.64. The van der Waals surface area contributed by atoms with E-state index in [9.17, 15) is 13.2 Å². The number of halogens is 1. The lowest BCUT2D eigenvalue weighted by atomic mass is 10.2. The third-order valence-corrected chi connectivity index (χ3v) is 6.46. The second kappa shape index (κ2) is 9.19. The van der Waals surface area contributed by atoms with Crippen molar-refractivity contribution in [1.29, 1.82) is 0 Å². The molecule has 0 aliphatic heterocycles. The number of benzene rings is 3. The fraction of sp³-hybridized carbons (Fsp3) is 0.136. The zero-order valence-electron chi connectivity index (χ0n) is 16.5. The van der Waals surface area contributed by atoms with Gasteiger partial charge in [0, 0.05) is 16.8 Å². The fourth-order valence-corrected chi connectivity index (χ4v) is 4.46. The highest BCUT2D eigenvalue weighted by molar-refractivity contribution is 7.92. The summed E-state index contributed by atoms with van der Waals surface area (Å²) in [4.78, 5) is 12.9. The second-order valence-corrected chi connectivity index (χ2v) is 8.83. The van der Waals surface area contributed by atoms with Crippen molar-refractivity contribution in [3.8, 4) is 5.75 Å². The molecule has 0 aliphatic carbocycles. The van der Waals surface area contributed by atoms with E-state index >= 15 is 0 Å². The molecule has 0 unspecified atom stereocenters. The summed E-state index contributed by atoms with van der Waals surface area (Å²) in [6.45, 7) is 1.41. The molecule has 6 nitrogen and oxygen atoms in total.